The summed E-state index contributed by atoms with van der Waals surface area (Å²) in [6.07, 6.45) is 0. The molecule has 0 fully saturated rings. The number of rotatable bonds is 4. The molecule has 0 radical (unpaired) electrons. The number of nitriles is 2. The van der Waals surface area contributed by atoms with E-state index in [9.17, 15) is 0 Å². The molecule has 0 aliphatic carbocycles. The number of nitrogens with two attached hydrogens (primary N) is 2. The van der Waals surface area contributed by atoms with Crippen molar-refractivity contribution in [1.29, 1.82) is 21.3 Å². The SMILES string of the molecule is N#Cc1ccc2c(c1)oc1cc(C#N)ccc12.N=C(N)c1ccc2nc(-c3ccc(-c4nc5ccc(C(=N)N)cc5[nH]4)[nH]3)[nH]c2c1. The fourth-order valence-electron chi connectivity index (χ4n) is 5.20. The first-order valence-corrected chi connectivity index (χ1v) is 13.9. The predicted octanol–water partition coefficient (Wildman–Crippen LogP) is 6.00. The van der Waals surface area contributed by atoms with Crippen molar-refractivity contribution in [3.8, 4) is 35.2 Å². The molecule has 0 amide bonds. The van der Waals surface area contributed by atoms with E-state index in [0.29, 0.717) is 45.1 Å². The van der Waals surface area contributed by atoms with Crippen molar-refractivity contribution >= 4 is 55.7 Å². The van der Waals surface area contributed by atoms with E-state index >= 15 is 0 Å². The molecule has 4 aromatic carbocycles. The minimum absolute atomic E-state index is 0.0167. The Bertz CT molecular complexity index is 2410. The highest BCUT2D eigenvalue weighted by Gasteiger charge is 2.13. The van der Waals surface area contributed by atoms with Crippen molar-refractivity contribution < 1.29 is 4.42 Å². The van der Waals surface area contributed by atoms with Gasteiger partial charge >= 0.3 is 0 Å². The fraction of sp³-hybridized carbons (Fsp3) is 0. The Kier molecular flexibility index (Phi) is 6.51. The van der Waals surface area contributed by atoms with E-state index in [2.05, 4.69) is 37.1 Å². The van der Waals surface area contributed by atoms with Crippen molar-refractivity contribution in [1.82, 2.24) is 24.9 Å². The number of aromatic amines is 3. The van der Waals surface area contributed by atoms with E-state index in [1.54, 1.807) is 36.4 Å². The molecule has 12 heteroatoms. The van der Waals surface area contributed by atoms with Crippen LogP contribution in [0.25, 0.3) is 67.0 Å². The highest BCUT2D eigenvalue weighted by atomic mass is 16.3. The van der Waals surface area contributed by atoms with Gasteiger partial charge in [-0.2, -0.15) is 10.5 Å². The van der Waals surface area contributed by atoms with Gasteiger partial charge in [0.15, 0.2) is 11.6 Å². The molecule has 220 valence electrons. The summed E-state index contributed by atoms with van der Waals surface area (Å²) < 4.78 is 5.64. The Hall–Kier alpha value is -7.18. The van der Waals surface area contributed by atoms with Crippen molar-refractivity contribution in [3.63, 3.8) is 0 Å². The molecule has 0 saturated heterocycles. The second-order valence-electron chi connectivity index (χ2n) is 10.5. The van der Waals surface area contributed by atoms with Crippen LogP contribution in [0, 0.1) is 33.5 Å². The number of furan rings is 1. The number of nitrogen functional groups attached to an aromatic ring is 2. The Morgan fingerprint density at radius 1 is 0.609 bits per heavy atom. The van der Waals surface area contributed by atoms with Crippen LogP contribution in [0.5, 0.6) is 0 Å². The third-order valence-electron chi connectivity index (χ3n) is 7.51. The summed E-state index contributed by atoms with van der Waals surface area (Å²) in [5, 5.41) is 34.7. The first-order valence-electron chi connectivity index (χ1n) is 13.9. The van der Waals surface area contributed by atoms with Crippen molar-refractivity contribution in [3.05, 3.63) is 107 Å². The molecule has 0 aliphatic rings. The van der Waals surface area contributed by atoms with Crippen LogP contribution in [-0.4, -0.2) is 36.6 Å². The first kappa shape index (κ1) is 27.6. The number of amidine groups is 2. The zero-order valence-electron chi connectivity index (χ0n) is 23.9. The van der Waals surface area contributed by atoms with E-state index in [0.717, 1.165) is 44.2 Å². The van der Waals surface area contributed by atoms with Crippen LogP contribution in [0.1, 0.15) is 22.3 Å². The Labute approximate surface area is 259 Å². The van der Waals surface area contributed by atoms with Crippen LogP contribution >= 0.6 is 0 Å². The first-order chi connectivity index (χ1) is 22.3. The van der Waals surface area contributed by atoms with E-state index < -0.39 is 0 Å². The lowest BCUT2D eigenvalue weighted by Crippen LogP contribution is -2.10. The molecule has 46 heavy (non-hydrogen) atoms. The summed E-state index contributed by atoms with van der Waals surface area (Å²) in [5.41, 5.74) is 19.7. The maximum Gasteiger partial charge on any atom is 0.154 e. The molecule has 12 nitrogen and oxygen atoms in total. The second-order valence-corrected chi connectivity index (χ2v) is 10.5. The van der Waals surface area contributed by atoms with Crippen LogP contribution in [0.4, 0.5) is 0 Å². The van der Waals surface area contributed by atoms with Crippen molar-refractivity contribution in [2.45, 2.75) is 0 Å². The molecule has 4 heterocycles. The maximum absolute atomic E-state index is 8.82. The summed E-state index contributed by atoms with van der Waals surface area (Å²) in [4.78, 5) is 19.0. The maximum atomic E-state index is 8.82. The molecule has 0 bridgehead atoms. The standard InChI is InChI=1S/C20H17N9.C14H6N2O/c21-17(22)9-1-3-11-15(7-9)28-19(26-11)13-5-6-14(25-13)20-27-12-4-2-10(18(23)24)8-16(12)29-20;15-7-9-1-3-11-12-4-2-10(8-16)6-14(12)17-13(11)5-9/h1-8,25H,(H3,21,22)(H3,23,24)(H,26,28)(H,27,29);1-6H. The number of benzene rings is 4. The van der Waals surface area contributed by atoms with Gasteiger partial charge in [0.25, 0.3) is 0 Å². The smallest absolute Gasteiger partial charge is 0.154 e. The van der Waals surface area contributed by atoms with Crippen molar-refractivity contribution in [2.75, 3.05) is 0 Å². The molecule has 4 aromatic heterocycles. The number of H-pyrrole nitrogens is 3. The summed E-state index contributed by atoms with van der Waals surface area (Å²) in [6.45, 7) is 0. The van der Waals surface area contributed by atoms with Crippen molar-refractivity contribution in [2.24, 2.45) is 11.5 Å². The van der Waals surface area contributed by atoms with Gasteiger partial charge in [0.2, 0.25) is 0 Å². The quantitative estimate of drug-likeness (QED) is 0.0937. The lowest BCUT2D eigenvalue weighted by molar-refractivity contribution is 0.668. The molecule has 9 N–H and O–H groups in total. The highest BCUT2D eigenvalue weighted by molar-refractivity contribution is 6.05. The summed E-state index contributed by atoms with van der Waals surface area (Å²) in [6, 6.07) is 29.5. The fourth-order valence-corrected chi connectivity index (χ4v) is 5.20. The molecular weight excluding hydrogens is 578 g/mol. The third-order valence-corrected chi connectivity index (χ3v) is 7.51. The van der Waals surface area contributed by atoms with E-state index in [4.69, 9.17) is 37.2 Å². The molecule has 0 saturated carbocycles. The monoisotopic (exact) mass is 601 g/mol. The number of aromatic nitrogens is 5. The van der Waals surface area contributed by atoms with Gasteiger partial charge in [-0.1, -0.05) is 0 Å². The predicted molar refractivity (Wildman–Crippen MR) is 176 cm³/mol. The minimum atomic E-state index is 0.0167. The number of hydrogen-bond acceptors (Lipinski definition) is 7. The molecule has 0 aliphatic heterocycles. The molecule has 8 rings (SSSR count). The van der Waals surface area contributed by atoms with E-state index in [1.807, 2.05) is 48.5 Å². The van der Waals surface area contributed by atoms with E-state index in [-0.39, 0.29) is 11.7 Å². The lowest BCUT2D eigenvalue weighted by Gasteiger charge is -1.96. The normalized spacial score (nSPS) is 10.9. The molecule has 0 atom stereocenters. The van der Waals surface area contributed by atoms with Crippen LogP contribution in [0.2, 0.25) is 0 Å². The topological polar surface area (TPSA) is 234 Å². The number of nitrogens with one attached hydrogen (secondary N) is 5. The summed E-state index contributed by atoms with van der Waals surface area (Å²) in [7, 11) is 0. The Morgan fingerprint density at radius 2 is 1.07 bits per heavy atom. The number of imidazole rings is 2. The molecular formula is C34H23N11O. The van der Waals surface area contributed by atoms with E-state index in [1.165, 1.54) is 0 Å². The molecule has 8 aromatic rings. The third kappa shape index (κ3) is 4.94. The summed E-state index contributed by atoms with van der Waals surface area (Å²) >= 11 is 0. The molecule has 0 unspecified atom stereocenters. The van der Waals surface area contributed by atoms with Gasteiger partial charge in [0.05, 0.1) is 56.7 Å². The second kappa shape index (κ2) is 10.8. The van der Waals surface area contributed by atoms with Crippen LogP contribution in [0.15, 0.2) is 89.3 Å². The molecule has 0 spiro atoms. The average molecular weight is 602 g/mol. The van der Waals surface area contributed by atoms with Gasteiger partial charge in [-0.25, -0.2) is 9.97 Å². The highest BCUT2D eigenvalue weighted by Crippen LogP contribution is 2.30. The Balaban J connectivity index is 0.000000169. The van der Waals surface area contributed by atoms with Crippen LogP contribution in [0.3, 0.4) is 0 Å². The lowest BCUT2D eigenvalue weighted by atomic mass is 10.1. The van der Waals surface area contributed by atoms with Gasteiger partial charge < -0.3 is 30.8 Å². The van der Waals surface area contributed by atoms with Gasteiger partial charge in [0, 0.05) is 21.9 Å². The minimum Gasteiger partial charge on any atom is -0.456 e. The van der Waals surface area contributed by atoms with Gasteiger partial charge in [-0.3, -0.25) is 10.8 Å². The van der Waals surface area contributed by atoms with Gasteiger partial charge in [0.1, 0.15) is 22.8 Å². The number of fused-ring (bicyclic) bond motifs is 5. The van der Waals surface area contributed by atoms with Gasteiger partial charge in [-0.05, 0) is 84.9 Å². The number of nitrogens with zero attached hydrogens (tertiary/aromatic N) is 4. The summed E-state index contributed by atoms with van der Waals surface area (Å²) in [5.74, 6) is 1.40. The van der Waals surface area contributed by atoms with Crippen LogP contribution in [-0.2, 0) is 0 Å². The number of hydrogen-bond donors (Lipinski definition) is 7. The van der Waals surface area contributed by atoms with Crippen LogP contribution < -0.4 is 11.5 Å². The Morgan fingerprint density at radius 3 is 1.48 bits per heavy atom. The zero-order chi connectivity index (χ0) is 31.9. The van der Waals surface area contributed by atoms with Gasteiger partial charge in [-0.15, -0.1) is 0 Å². The average Bonchev–Trinajstić information content (AvgIpc) is 3.87. The largest absolute Gasteiger partial charge is 0.456 e. The zero-order valence-corrected chi connectivity index (χ0v) is 23.9.